The fourth-order valence-electron chi connectivity index (χ4n) is 3.52. The molecule has 0 bridgehead atoms. The number of nitrogens with one attached hydrogen (secondary N) is 1. The standard InChI is InChI=1S/C32H54FNO11/c1-32(2,3)45-31(37)34-12-24-43-22-8-20-41-18-6-16-39-14-4-13-38-15-5-17-40-19-7-21-42-23-11-30(36)44-29-10-9-27(26-35)25-28(29)33/h9-10,25,35H,4-8,11-24,26H2,1-3H3,(H,34,37). The Hall–Kier alpha value is -2.39. The molecule has 1 rings (SSSR count). The van der Waals surface area contributed by atoms with Crippen LogP contribution in [-0.4, -0.2) is 109 Å². The van der Waals surface area contributed by atoms with Gasteiger partial charge in [-0.25, -0.2) is 9.18 Å². The van der Waals surface area contributed by atoms with Gasteiger partial charge in [-0.1, -0.05) is 6.07 Å². The van der Waals surface area contributed by atoms with Crippen molar-refractivity contribution in [2.75, 3.05) is 85.8 Å². The maximum atomic E-state index is 13.8. The van der Waals surface area contributed by atoms with Crippen LogP contribution < -0.4 is 10.1 Å². The number of carbonyl (C=O) groups is 2. The van der Waals surface area contributed by atoms with E-state index in [9.17, 15) is 14.0 Å². The van der Waals surface area contributed by atoms with Crippen LogP contribution in [0.5, 0.6) is 5.75 Å². The van der Waals surface area contributed by atoms with Gasteiger partial charge in [0.1, 0.15) is 5.60 Å². The molecule has 0 saturated heterocycles. The summed E-state index contributed by atoms with van der Waals surface area (Å²) in [7, 11) is 0. The Bertz CT molecular complexity index is 898. The molecular weight excluding hydrogens is 593 g/mol. The van der Waals surface area contributed by atoms with Crippen molar-refractivity contribution in [3.05, 3.63) is 29.6 Å². The van der Waals surface area contributed by atoms with Crippen LogP contribution in [0.1, 0.15) is 64.9 Å². The molecule has 12 nitrogen and oxygen atoms in total. The second-order valence-corrected chi connectivity index (χ2v) is 11.0. The highest BCUT2D eigenvalue weighted by atomic mass is 19.1. The van der Waals surface area contributed by atoms with E-state index in [0.29, 0.717) is 91.2 Å². The number of benzene rings is 1. The molecule has 0 heterocycles. The highest BCUT2D eigenvalue weighted by molar-refractivity contribution is 5.72. The van der Waals surface area contributed by atoms with E-state index in [1.54, 1.807) is 0 Å². The second-order valence-electron chi connectivity index (χ2n) is 11.0. The Morgan fingerprint density at radius 1 is 0.711 bits per heavy atom. The first-order valence-corrected chi connectivity index (χ1v) is 15.7. The van der Waals surface area contributed by atoms with Crippen LogP contribution in [0.2, 0.25) is 0 Å². The van der Waals surface area contributed by atoms with Gasteiger partial charge in [-0.05, 0) is 70.6 Å². The molecule has 1 amide bonds. The Balaban J connectivity index is 1.73. The number of carbonyl (C=O) groups excluding carboxylic acids is 2. The van der Waals surface area contributed by atoms with Gasteiger partial charge in [0.2, 0.25) is 0 Å². The summed E-state index contributed by atoms with van der Waals surface area (Å²) in [4.78, 5) is 23.3. The maximum Gasteiger partial charge on any atom is 0.407 e. The first-order valence-electron chi connectivity index (χ1n) is 15.7. The average Bonchev–Trinajstić information content (AvgIpc) is 2.99. The van der Waals surface area contributed by atoms with Crippen LogP contribution in [-0.2, 0) is 44.6 Å². The van der Waals surface area contributed by atoms with Crippen molar-refractivity contribution in [2.45, 2.75) is 71.5 Å². The molecule has 1 aromatic carbocycles. The van der Waals surface area contributed by atoms with E-state index >= 15 is 0 Å². The summed E-state index contributed by atoms with van der Waals surface area (Å²) in [6, 6.07) is 3.94. The number of aliphatic hydroxyl groups is 1. The summed E-state index contributed by atoms with van der Waals surface area (Å²) in [5, 5.41) is 11.6. The number of amides is 1. The van der Waals surface area contributed by atoms with Gasteiger partial charge in [0.05, 0.1) is 26.2 Å². The number of hydrogen-bond donors (Lipinski definition) is 2. The average molecular weight is 648 g/mol. The smallest absolute Gasteiger partial charge is 0.407 e. The van der Waals surface area contributed by atoms with E-state index in [1.807, 2.05) is 20.8 Å². The van der Waals surface area contributed by atoms with E-state index < -0.39 is 23.5 Å². The Morgan fingerprint density at radius 2 is 1.16 bits per heavy atom. The van der Waals surface area contributed by atoms with Gasteiger partial charge in [0.25, 0.3) is 0 Å². The molecule has 260 valence electrons. The van der Waals surface area contributed by atoms with Crippen molar-refractivity contribution in [1.29, 1.82) is 0 Å². The van der Waals surface area contributed by atoms with E-state index in [0.717, 1.165) is 31.7 Å². The van der Waals surface area contributed by atoms with Gasteiger partial charge >= 0.3 is 12.1 Å². The molecule has 0 aliphatic carbocycles. The lowest BCUT2D eigenvalue weighted by Gasteiger charge is -2.19. The number of ether oxygens (including phenoxy) is 8. The highest BCUT2D eigenvalue weighted by Crippen LogP contribution is 2.19. The van der Waals surface area contributed by atoms with Crippen LogP contribution in [0.3, 0.4) is 0 Å². The van der Waals surface area contributed by atoms with Gasteiger partial charge in [0, 0.05) is 72.6 Å². The minimum atomic E-state index is -0.693. The molecule has 45 heavy (non-hydrogen) atoms. The number of rotatable bonds is 28. The summed E-state index contributed by atoms with van der Waals surface area (Å²) < 4.78 is 57.1. The molecule has 0 saturated carbocycles. The molecule has 0 fully saturated rings. The number of halogens is 1. The molecule has 1 aromatic rings. The summed E-state index contributed by atoms with van der Waals surface area (Å²) in [6.45, 7) is 12.2. The van der Waals surface area contributed by atoms with Crippen molar-refractivity contribution in [1.82, 2.24) is 5.32 Å². The van der Waals surface area contributed by atoms with E-state index in [1.165, 1.54) is 12.1 Å². The SMILES string of the molecule is CC(C)(C)OC(=O)NCCOCCCOCCCOCCCOCCCOCCCOCCC(=O)Oc1ccc(CO)cc1F. The highest BCUT2D eigenvalue weighted by Gasteiger charge is 2.15. The van der Waals surface area contributed by atoms with Crippen LogP contribution in [0.25, 0.3) is 0 Å². The van der Waals surface area contributed by atoms with Crippen molar-refractivity contribution >= 4 is 12.1 Å². The van der Waals surface area contributed by atoms with Crippen LogP contribution in [0.4, 0.5) is 9.18 Å². The summed E-state index contributed by atoms with van der Waals surface area (Å²) in [6.07, 6.45) is 3.52. The second kappa shape index (κ2) is 26.8. The van der Waals surface area contributed by atoms with Crippen molar-refractivity contribution < 1.29 is 57.0 Å². The zero-order chi connectivity index (χ0) is 33.0. The normalized spacial score (nSPS) is 11.5. The van der Waals surface area contributed by atoms with Gasteiger partial charge in [-0.15, -0.1) is 0 Å². The third-order valence-electron chi connectivity index (χ3n) is 5.65. The largest absolute Gasteiger partial charge is 0.444 e. The third kappa shape index (κ3) is 25.5. The zero-order valence-corrected chi connectivity index (χ0v) is 27.3. The monoisotopic (exact) mass is 647 g/mol. The molecule has 13 heteroatoms. The predicted octanol–water partition coefficient (Wildman–Crippen LogP) is 4.19. The maximum absolute atomic E-state index is 13.8. The van der Waals surface area contributed by atoms with Crippen molar-refractivity contribution in [3.8, 4) is 5.75 Å². The number of esters is 1. The Morgan fingerprint density at radius 3 is 1.58 bits per heavy atom. The molecule has 0 aliphatic heterocycles. The topological polar surface area (TPSA) is 140 Å². The molecular formula is C32H54FNO11. The Labute approximate surface area is 267 Å². The van der Waals surface area contributed by atoms with E-state index in [4.69, 9.17) is 43.0 Å². The first kappa shape index (κ1) is 40.6. The predicted molar refractivity (Wildman–Crippen MR) is 165 cm³/mol. The molecule has 0 spiro atoms. The molecule has 0 aromatic heterocycles. The molecule has 0 atom stereocenters. The van der Waals surface area contributed by atoms with Gasteiger partial charge in [-0.2, -0.15) is 0 Å². The Kier molecular flexibility index (Phi) is 24.2. The summed E-state index contributed by atoms with van der Waals surface area (Å²) in [5.74, 6) is -1.45. The molecule has 0 unspecified atom stereocenters. The van der Waals surface area contributed by atoms with Gasteiger partial charge in [0.15, 0.2) is 11.6 Å². The quantitative estimate of drug-likeness (QED) is 0.0769. The number of aliphatic hydroxyl groups excluding tert-OH is 1. The molecule has 0 radical (unpaired) electrons. The van der Waals surface area contributed by atoms with Crippen LogP contribution in [0.15, 0.2) is 18.2 Å². The summed E-state index contributed by atoms with van der Waals surface area (Å²) in [5.41, 5.74) is -0.101. The lowest BCUT2D eigenvalue weighted by molar-refractivity contribution is -0.135. The van der Waals surface area contributed by atoms with Crippen molar-refractivity contribution in [2.24, 2.45) is 0 Å². The zero-order valence-electron chi connectivity index (χ0n) is 27.3. The number of alkyl carbamates (subject to hydrolysis) is 1. The number of hydrogen-bond acceptors (Lipinski definition) is 11. The van der Waals surface area contributed by atoms with Crippen LogP contribution >= 0.6 is 0 Å². The molecule has 2 N–H and O–H groups in total. The van der Waals surface area contributed by atoms with Crippen molar-refractivity contribution in [3.63, 3.8) is 0 Å². The lowest BCUT2D eigenvalue weighted by Crippen LogP contribution is -2.34. The minimum Gasteiger partial charge on any atom is -0.444 e. The molecule has 0 aliphatic rings. The fourth-order valence-corrected chi connectivity index (χ4v) is 3.52. The van der Waals surface area contributed by atoms with E-state index in [2.05, 4.69) is 5.32 Å². The summed E-state index contributed by atoms with van der Waals surface area (Å²) >= 11 is 0. The van der Waals surface area contributed by atoms with Crippen LogP contribution in [0, 0.1) is 5.82 Å². The lowest BCUT2D eigenvalue weighted by atomic mass is 10.2. The van der Waals surface area contributed by atoms with E-state index in [-0.39, 0.29) is 25.4 Å². The van der Waals surface area contributed by atoms with Gasteiger partial charge < -0.3 is 48.3 Å². The first-order chi connectivity index (χ1) is 21.7. The third-order valence-corrected chi connectivity index (χ3v) is 5.65. The van der Waals surface area contributed by atoms with Gasteiger partial charge in [-0.3, -0.25) is 4.79 Å². The fraction of sp³-hybridized carbons (Fsp3) is 0.750. The minimum absolute atomic E-state index is 0.0102.